The van der Waals surface area contributed by atoms with Crippen molar-refractivity contribution in [1.29, 1.82) is 0 Å². The molecule has 2 heterocycles. The van der Waals surface area contributed by atoms with Gasteiger partial charge in [-0.15, -0.1) is 0 Å². The number of piperidine rings is 1. The predicted molar refractivity (Wildman–Crippen MR) is 145 cm³/mol. The lowest BCUT2D eigenvalue weighted by molar-refractivity contribution is -0.157. The third kappa shape index (κ3) is 6.44. The lowest BCUT2D eigenvalue weighted by Gasteiger charge is -2.47. The van der Waals surface area contributed by atoms with Gasteiger partial charge in [-0.2, -0.15) is 0 Å². The maximum absolute atomic E-state index is 13.5. The fraction of sp³-hybridized carbons (Fsp3) is 0.483. The van der Waals surface area contributed by atoms with Gasteiger partial charge in [0.15, 0.2) is 17.6 Å². The Balaban J connectivity index is 1.45. The minimum atomic E-state index is -0.996. The first kappa shape index (κ1) is 28.2. The standard InChI is InChI=1S/C29H38N4O6/c1-29(2)18-22(20-10-11-23(37-3)24(17-20)38-4)31-33(27(29)35)21-12-14-32(15-13-21)26(34)25(39-28(30)36)16-19-8-6-5-7-9-19/h5-11,17,21-22,25,31H,12-16,18H2,1-4H3,(H2,30,36)/t22?,25-/m0/s1. The van der Waals surface area contributed by atoms with Gasteiger partial charge < -0.3 is 24.8 Å². The van der Waals surface area contributed by atoms with Gasteiger partial charge in [0.1, 0.15) is 0 Å². The zero-order chi connectivity index (χ0) is 28.2. The lowest BCUT2D eigenvalue weighted by atomic mass is 9.80. The van der Waals surface area contributed by atoms with Crippen LogP contribution in [0.4, 0.5) is 4.79 Å². The highest BCUT2D eigenvalue weighted by atomic mass is 16.6. The molecule has 10 nitrogen and oxygen atoms in total. The number of methoxy groups -OCH3 is 2. The third-order valence-electron chi connectivity index (χ3n) is 7.56. The van der Waals surface area contributed by atoms with E-state index in [1.54, 1.807) is 24.1 Å². The van der Waals surface area contributed by atoms with E-state index in [0.717, 1.165) is 11.1 Å². The highest BCUT2D eigenvalue weighted by Gasteiger charge is 2.44. The van der Waals surface area contributed by atoms with Gasteiger partial charge in [0.25, 0.3) is 5.91 Å². The van der Waals surface area contributed by atoms with Crippen molar-refractivity contribution in [2.24, 2.45) is 11.1 Å². The summed E-state index contributed by atoms with van der Waals surface area (Å²) in [5.41, 5.74) is 10.0. The number of amides is 3. The molecule has 0 aliphatic carbocycles. The van der Waals surface area contributed by atoms with Gasteiger partial charge in [0.2, 0.25) is 5.91 Å². The van der Waals surface area contributed by atoms with Crippen molar-refractivity contribution < 1.29 is 28.6 Å². The minimum Gasteiger partial charge on any atom is -0.493 e. The van der Waals surface area contributed by atoms with E-state index in [9.17, 15) is 14.4 Å². The highest BCUT2D eigenvalue weighted by molar-refractivity contribution is 5.84. The smallest absolute Gasteiger partial charge is 0.405 e. The number of nitrogens with two attached hydrogens (primary N) is 1. The Kier molecular flexibility index (Phi) is 8.64. The van der Waals surface area contributed by atoms with Gasteiger partial charge >= 0.3 is 6.09 Å². The lowest BCUT2D eigenvalue weighted by Crippen LogP contribution is -2.62. The molecule has 2 aliphatic rings. The summed E-state index contributed by atoms with van der Waals surface area (Å²) in [6.07, 6.45) is 0.0773. The Bertz CT molecular complexity index is 1180. The summed E-state index contributed by atoms with van der Waals surface area (Å²) in [7, 11) is 3.20. The zero-order valence-electron chi connectivity index (χ0n) is 23.0. The van der Waals surface area contributed by atoms with Crippen molar-refractivity contribution >= 4 is 17.9 Å². The molecule has 10 heteroatoms. The molecule has 0 spiro atoms. The first-order valence-corrected chi connectivity index (χ1v) is 13.2. The molecule has 2 atom stereocenters. The van der Waals surface area contributed by atoms with E-state index < -0.39 is 17.6 Å². The van der Waals surface area contributed by atoms with Crippen molar-refractivity contribution in [1.82, 2.24) is 15.3 Å². The van der Waals surface area contributed by atoms with Gasteiger partial charge in [-0.25, -0.2) is 10.2 Å². The molecular formula is C29H38N4O6. The number of hydrogen-bond donors (Lipinski definition) is 2. The number of hydrogen-bond acceptors (Lipinski definition) is 7. The van der Waals surface area contributed by atoms with Crippen molar-refractivity contribution in [2.45, 2.75) is 57.7 Å². The van der Waals surface area contributed by atoms with Crippen LogP contribution >= 0.6 is 0 Å². The molecule has 39 heavy (non-hydrogen) atoms. The molecule has 210 valence electrons. The van der Waals surface area contributed by atoms with E-state index in [0.29, 0.717) is 43.9 Å². The maximum atomic E-state index is 13.5. The second-order valence-electron chi connectivity index (χ2n) is 10.7. The van der Waals surface area contributed by atoms with Crippen LogP contribution in [0, 0.1) is 5.41 Å². The summed E-state index contributed by atoms with van der Waals surface area (Å²) >= 11 is 0. The second-order valence-corrected chi connectivity index (χ2v) is 10.7. The van der Waals surface area contributed by atoms with Crippen LogP contribution in [0.25, 0.3) is 0 Å². The number of hydrazine groups is 1. The van der Waals surface area contributed by atoms with Gasteiger partial charge in [-0.05, 0) is 42.5 Å². The van der Waals surface area contributed by atoms with E-state index in [1.165, 1.54) is 0 Å². The largest absolute Gasteiger partial charge is 0.493 e. The van der Waals surface area contributed by atoms with Crippen LogP contribution in [0.1, 0.15) is 50.3 Å². The number of nitrogens with zero attached hydrogens (tertiary/aromatic N) is 2. The predicted octanol–water partition coefficient (Wildman–Crippen LogP) is 3.21. The normalized spacial score (nSPS) is 20.3. The van der Waals surface area contributed by atoms with Crippen molar-refractivity contribution in [2.75, 3.05) is 27.3 Å². The number of ether oxygens (including phenoxy) is 3. The van der Waals surface area contributed by atoms with E-state index in [1.807, 2.05) is 62.4 Å². The Labute approximate surface area is 229 Å². The van der Waals surface area contributed by atoms with Gasteiger partial charge in [0.05, 0.1) is 26.3 Å². The molecule has 1 unspecified atom stereocenters. The number of benzene rings is 2. The number of primary amides is 1. The van der Waals surface area contributed by atoms with Crippen LogP contribution in [-0.2, 0) is 20.7 Å². The molecule has 2 aromatic rings. The second kappa shape index (κ2) is 11.9. The topological polar surface area (TPSA) is 123 Å². The van der Waals surface area contributed by atoms with Crippen LogP contribution in [0.5, 0.6) is 11.5 Å². The van der Waals surface area contributed by atoms with Crippen molar-refractivity contribution in [3.05, 3.63) is 59.7 Å². The molecule has 0 radical (unpaired) electrons. The first-order valence-electron chi connectivity index (χ1n) is 13.2. The van der Waals surface area contributed by atoms with Gasteiger partial charge in [-0.1, -0.05) is 50.2 Å². The Morgan fingerprint density at radius 2 is 1.72 bits per heavy atom. The zero-order valence-corrected chi connectivity index (χ0v) is 23.0. The molecule has 3 N–H and O–H groups in total. The highest BCUT2D eigenvalue weighted by Crippen LogP contribution is 2.40. The maximum Gasteiger partial charge on any atom is 0.405 e. The third-order valence-corrected chi connectivity index (χ3v) is 7.56. The average Bonchev–Trinajstić information content (AvgIpc) is 2.93. The summed E-state index contributed by atoms with van der Waals surface area (Å²) in [5, 5.41) is 1.76. The molecular weight excluding hydrogens is 500 g/mol. The van der Waals surface area contributed by atoms with Crippen LogP contribution in [-0.4, -0.2) is 67.3 Å². The minimum absolute atomic E-state index is 0.0306. The van der Waals surface area contributed by atoms with Crippen LogP contribution in [0.15, 0.2) is 48.5 Å². The number of carbonyl (C=O) groups is 3. The van der Waals surface area contributed by atoms with E-state index in [4.69, 9.17) is 19.9 Å². The molecule has 4 rings (SSSR count). The van der Waals surface area contributed by atoms with Crippen LogP contribution in [0.2, 0.25) is 0 Å². The monoisotopic (exact) mass is 538 g/mol. The fourth-order valence-corrected chi connectivity index (χ4v) is 5.42. The summed E-state index contributed by atoms with van der Waals surface area (Å²) in [4.78, 5) is 40.0. The van der Waals surface area contributed by atoms with Crippen molar-refractivity contribution in [3.8, 4) is 11.5 Å². The average molecular weight is 539 g/mol. The van der Waals surface area contributed by atoms with Crippen molar-refractivity contribution in [3.63, 3.8) is 0 Å². The van der Waals surface area contributed by atoms with Crippen LogP contribution < -0.4 is 20.6 Å². The first-order chi connectivity index (χ1) is 18.6. The summed E-state index contributed by atoms with van der Waals surface area (Å²) in [6.45, 7) is 4.80. The molecule has 0 bridgehead atoms. The summed E-state index contributed by atoms with van der Waals surface area (Å²) in [5.74, 6) is 1.03. The summed E-state index contributed by atoms with van der Waals surface area (Å²) in [6, 6.07) is 15.0. The molecule has 0 saturated carbocycles. The van der Waals surface area contributed by atoms with Gasteiger partial charge in [0, 0.05) is 24.9 Å². The van der Waals surface area contributed by atoms with E-state index >= 15 is 0 Å². The van der Waals surface area contributed by atoms with Crippen LogP contribution in [0.3, 0.4) is 0 Å². The number of likely N-dealkylation sites (tertiary alicyclic amines) is 1. The number of carbonyl (C=O) groups excluding carboxylic acids is 3. The Morgan fingerprint density at radius 3 is 2.33 bits per heavy atom. The molecule has 3 amide bonds. The molecule has 0 aromatic heterocycles. The van der Waals surface area contributed by atoms with Gasteiger partial charge in [-0.3, -0.25) is 14.6 Å². The van der Waals surface area contributed by atoms with E-state index in [-0.39, 0.29) is 30.3 Å². The van der Waals surface area contributed by atoms with E-state index in [2.05, 4.69) is 5.43 Å². The molecule has 2 aromatic carbocycles. The Morgan fingerprint density at radius 1 is 1.05 bits per heavy atom. The molecule has 2 saturated heterocycles. The number of nitrogens with one attached hydrogen (secondary N) is 1. The molecule has 2 fully saturated rings. The molecule has 2 aliphatic heterocycles. The fourth-order valence-electron chi connectivity index (χ4n) is 5.42. The summed E-state index contributed by atoms with van der Waals surface area (Å²) < 4.78 is 16.1. The number of rotatable bonds is 8. The SMILES string of the molecule is COc1ccc(C2CC(C)(C)C(=O)N(C3CCN(C(=O)[C@H](Cc4ccccc4)OC(N)=O)CC3)N2)cc1OC. The Hall–Kier alpha value is -3.79. The quantitative estimate of drug-likeness (QED) is 0.529.